The molecular formula is C14H22BrClN2O2. The van der Waals surface area contributed by atoms with Crippen LogP contribution in [0, 0.1) is 6.92 Å². The summed E-state index contributed by atoms with van der Waals surface area (Å²) < 4.78 is 6.47. The lowest BCUT2D eigenvalue weighted by Gasteiger charge is -2.24. The highest BCUT2D eigenvalue weighted by Crippen LogP contribution is 2.25. The summed E-state index contributed by atoms with van der Waals surface area (Å²) in [7, 11) is 0. The van der Waals surface area contributed by atoms with Crippen LogP contribution >= 0.6 is 28.3 Å². The smallest absolute Gasteiger partial charge is 0.223 e. The van der Waals surface area contributed by atoms with E-state index in [0.29, 0.717) is 19.6 Å². The molecule has 3 N–H and O–H groups in total. The molecule has 0 aliphatic heterocycles. The van der Waals surface area contributed by atoms with E-state index in [0.717, 1.165) is 15.8 Å². The second-order valence-electron chi connectivity index (χ2n) is 5.17. The van der Waals surface area contributed by atoms with Crippen molar-refractivity contribution in [1.29, 1.82) is 0 Å². The van der Waals surface area contributed by atoms with Crippen molar-refractivity contribution in [3.8, 4) is 5.75 Å². The van der Waals surface area contributed by atoms with Gasteiger partial charge in [-0.3, -0.25) is 4.79 Å². The molecule has 0 atom stereocenters. The summed E-state index contributed by atoms with van der Waals surface area (Å²) in [5.41, 5.74) is 6.34. The third-order valence-electron chi connectivity index (χ3n) is 2.66. The molecule has 20 heavy (non-hydrogen) atoms. The molecule has 0 saturated carbocycles. The van der Waals surface area contributed by atoms with E-state index >= 15 is 0 Å². The van der Waals surface area contributed by atoms with Crippen molar-refractivity contribution in [3.05, 3.63) is 28.2 Å². The zero-order valence-electron chi connectivity index (χ0n) is 12.0. The van der Waals surface area contributed by atoms with Crippen molar-refractivity contribution in [1.82, 2.24) is 5.32 Å². The fraction of sp³-hybridized carbons (Fsp3) is 0.500. The van der Waals surface area contributed by atoms with Crippen molar-refractivity contribution in [2.45, 2.75) is 32.7 Å². The van der Waals surface area contributed by atoms with Gasteiger partial charge in [-0.05, 0) is 54.4 Å². The van der Waals surface area contributed by atoms with Crippen LogP contribution in [0.2, 0.25) is 0 Å². The standard InChI is InChI=1S/C14H21BrN2O2.ClH/c1-10-4-5-12(11(15)8-10)19-7-6-13(18)17-14(2,3)9-16;/h4-5,8H,6-7,9,16H2,1-3H3,(H,17,18);1H. The molecule has 4 nitrogen and oxygen atoms in total. The Morgan fingerprint density at radius 3 is 2.65 bits per heavy atom. The van der Waals surface area contributed by atoms with Gasteiger partial charge in [0.15, 0.2) is 0 Å². The third kappa shape index (κ3) is 6.59. The van der Waals surface area contributed by atoms with E-state index in [1.54, 1.807) is 0 Å². The number of nitrogens with two attached hydrogens (primary N) is 1. The van der Waals surface area contributed by atoms with Crippen molar-refractivity contribution in [3.63, 3.8) is 0 Å². The average Bonchev–Trinajstić information content (AvgIpc) is 2.31. The van der Waals surface area contributed by atoms with Crippen LogP contribution in [0.25, 0.3) is 0 Å². The second-order valence-corrected chi connectivity index (χ2v) is 6.02. The topological polar surface area (TPSA) is 64.3 Å². The highest BCUT2D eigenvalue weighted by atomic mass is 79.9. The van der Waals surface area contributed by atoms with Gasteiger partial charge in [-0.2, -0.15) is 0 Å². The van der Waals surface area contributed by atoms with Crippen LogP contribution in [-0.4, -0.2) is 24.6 Å². The lowest BCUT2D eigenvalue weighted by Crippen LogP contribution is -2.49. The number of ether oxygens (including phenoxy) is 1. The predicted molar refractivity (Wildman–Crippen MR) is 87.5 cm³/mol. The van der Waals surface area contributed by atoms with Gasteiger partial charge < -0.3 is 15.8 Å². The lowest BCUT2D eigenvalue weighted by molar-refractivity contribution is -0.123. The summed E-state index contributed by atoms with van der Waals surface area (Å²) in [5.74, 6) is 0.690. The number of hydrogen-bond acceptors (Lipinski definition) is 3. The van der Waals surface area contributed by atoms with Gasteiger partial charge in [-0.15, -0.1) is 12.4 Å². The maximum absolute atomic E-state index is 11.7. The molecule has 0 bridgehead atoms. The number of aryl methyl sites for hydroxylation is 1. The van der Waals surface area contributed by atoms with E-state index in [1.807, 2.05) is 39.0 Å². The number of rotatable bonds is 6. The van der Waals surface area contributed by atoms with Gasteiger partial charge in [0.25, 0.3) is 0 Å². The summed E-state index contributed by atoms with van der Waals surface area (Å²) in [4.78, 5) is 11.7. The molecule has 0 spiro atoms. The number of benzene rings is 1. The largest absolute Gasteiger partial charge is 0.492 e. The Labute approximate surface area is 135 Å². The SMILES string of the molecule is Cc1ccc(OCCC(=O)NC(C)(C)CN)c(Br)c1.Cl. The Bertz CT molecular complexity index is 453. The molecule has 0 fully saturated rings. The first-order valence-corrected chi connectivity index (χ1v) is 7.03. The maximum atomic E-state index is 11.7. The number of amides is 1. The lowest BCUT2D eigenvalue weighted by atomic mass is 10.1. The van der Waals surface area contributed by atoms with Gasteiger partial charge in [-0.1, -0.05) is 6.07 Å². The zero-order valence-corrected chi connectivity index (χ0v) is 14.4. The summed E-state index contributed by atoms with van der Waals surface area (Å²) in [6.45, 7) is 6.54. The van der Waals surface area contributed by atoms with E-state index in [-0.39, 0.29) is 23.9 Å². The Hall–Kier alpha value is -0.780. The molecule has 1 aromatic rings. The Morgan fingerprint density at radius 2 is 2.10 bits per heavy atom. The van der Waals surface area contributed by atoms with Gasteiger partial charge in [0.1, 0.15) is 5.75 Å². The Balaban J connectivity index is 0.00000361. The minimum atomic E-state index is -0.373. The summed E-state index contributed by atoms with van der Waals surface area (Å²) in [5, 5.41) is 2.86. The van der Waals surface area contributed by atoms with Crippen molar-refractivity contribution in [2.24, 2.45) is 5.73 Å². The molecule has 114 valence electrons. The normalized spacial score (nSPS) is 10.7. The van der Waals surface area contributed by atoms with Crippen LogP contribution in [0.4, 0.5) is 0 Å². The van der Waals surface area contributed by atoms with Crippen LogP contribution < -0.4 is 15.8 Å². The molecule has 1 rings (SSSR count). The van der Waals surface area contributed by atoms with Gasteiger partial charge in [0, 0.05) is 12.1 Å². The van der Waals surface area contributed by atoms with E-state index in [9.17, 15) is 4.79 Å². The number of hydrogen-bond donors (Lipinski definition) is 2. The van der Waals surface area contributed by atoms with E-state index < -0.39 is 0 Å². The fourth-order valence-electron chi connectivity index (χ4n) is 1.47. The monoisotopic (exact) mass is 364 g/mol. The minimum Gasteiger partial charge on any atom is -0.492 e. The molecule has 1 amide bonds. The van der Waals surface area contributed by atoms with E-state index in [4.69, 9.17) is 10.5 Å². The van der Waals surface area contributed by atoms with Gasteiger partial charge in [0.05, 0.1) is 17.5 Å². The first-order valence-electron chi connectivity index (χ1n) is 6.24. The molecule has 0 heterocycles. The predicted octanol–water partition coefficient (Wildman–Crippen LogP) is 2.80. The molecule has 0 aliphatic carbocycles. The number of carbonyl (C=O) groups excluding carboxylic acids is 1. The summed E-state index contributed by atoms with van der Waals surface area (Å²) >= 11 is 3.43. The zero-order chi connectivity index (χ0) is 14.5. The molecule has 0 saturated heterocycles. The van der Waals surface area contributed by atoms with Crippen LogP contribution in [0.3, 0.4) is 0 Å². The first-order chi connectivity index (χ1) is 8.84. The van der Waals surface area contributed by atoms with Crippen LogP contribution in [-0.2, 0) is 4.79 Å². The van der Waals surface area contributed by atoms with Crippen molar-refractivity contribution >= 4 is 34.2 Å². The molecule has 0 aliphatic rings. The highest BCUT2D eigenvalue weighted by Gasteiger charge is 2.17. The van der Waals surface area contributed by atoms with E-state index in [1.165, 1.54) is 0 Å². The van der Waals surface area contributed by atoms with Crippen LogP contribution in [0.1, 0.15) is 25.8 Å². The molecule has 1 aromatic carbocycles. The average molecular weight is 366 g/mol. The van der Waals surface area contributed by atoms with Crippen LogP contribution in [0.5, 0.6) is 5.75 Å². The number of carbonyl (C=O) groups is 1. The van der Waals surface area contributed by atoms with Crippen molar-refractivity contribution in [2.75, 3.05) is 13.2 Å². The van der Waals surface area contributed by atoms with Crippen LogP contribution in [0.15, 0.2) is 22.7 Å². The highest BCUT2D eigenvalue weighted by molar-refractivity contribution is 9.10. The molecule has 0 radical (unpaired) electrons. The number of nitrogens with one attached hydrogen (secondary N) is 1. The van der Waals surface area contributed by atoms with Crippen molar-refractivity contribution < 1.29 is 9.53 Å². The molecule has 6 heteroatoms. The Morgan fingerprint density at radius 1 is 1.45 bits per heavy atom. The second kappa shape index (κ2) is 8.49. The summed E-state index contributed by atoms with van der Waals surface area (Å²) in [6.07, 6.45) is 0.309. The third-order valence-corrected chi connectivity index (χ3v) is 3.28. The molecule has 0 aromatic heterocycles. The first kappa shape index (κ1) is 19.2. The quantitative estimate of drug-likeness (QED) is 0.815. The van der Waals surface area contributed by atoms with E-state index in [2.05, 4.69) is 21.2 Å². The van der Waals surface area contributed by atoms with Gasteiger partial charge in [-0.25, -0.2) is 0 Å². The molecular weight excluding hydrogens is 344 g/mol. The van der Waals surface area contributed by atoms with Gasteiger partial charge >= 0.3 is 0 Å². The molecule has 0 unspecified atom stereocenters. The fourth-order valence-corrected chi connectivity index (χ4v) is 2.08. The van der Waals surface area contributed by atoms with Gasteiger partial charge in [0.2, 0.25) is 5.91 Å². The summed E-state index contributed by atoms with van der Waals surface area (Å²) in [6, 6.07) is 5.84. The Kier molecular flexibility index (Phi) is 8.16. The maximum Gasteiger partial charge on any atom is 0.223 e. The minimum absolute atomic E-state index is 0. The number of halogens is 2.